The molecule has 0 aliphatic rings. The van der Waals surface area contributed by atoms with Gasteiger partial charge in [0.1, 0.15) is 6.54 Å². The van der Waals surface area contributed by atoms with Crippen molar-refractivity contribution in [2.45, 2.75) is 9.79 Å². The molecule has 3 aromatic rings. The Hall–Kier alpha value is -2.88. The number of nitrogens with zero attached hydrogens (tertiary/aromatic N) is 1. The van der Waals surface area contributed by atoms with Gasteiger partial charge >= 0.3 is 0 Å². The molecular formula is C23H23ClN2O5S2. The topological polar surface area (TPSA) is 84.9 Å². The quantitative estimate of drug-likeness (QED) is 0.415. The molecule has 0 fully saturated rings. The van der Waals surface area contributed by atoms with Gasteiger partial charge in [-0.2, -0.15) is 0 Å². The summed E-state index contributed by atoms with van der Waals surface area (Å²) in [5.41, 5.74) is 0.869. The van der Waals surface area contributed by atoms with Crippen LogP contribution in [0.15, 0.2) is 76.5 Å². The smallest absolute Gasteiger partial charge is 0.264 e. The average Bonchev–Trinajstić information content (AvgIpc) is 2.82. The molecule has 0 unspecified atom stereocenters. The summed E-state index contributed by atoms with van der Waals surface area (Å²) in [6, 6.07) is 17.8. The van der Waals surface area contributed by atoms with Gasteiger partial charge in [-0.25, -0.2) is 8.42 Å². The highest BCUT2D eigenvalue weighted by atomic mass is 35.5. The van der Waals surface area contributed by atoms with E-state index < -0.39 is 22.5 Å². The van der Waals surface area contributed by atoms with E-state index in [1.807, 2.05) is 24.5 Å². The summed E-state index contributed by atoms with van der Waals surface area (Å²) in [5, 5.41) is 3.21. The Morgan fingerprint density at radius 1 is 1.00 bits per heavy atom. The molecule has 0 spiro atoms. The molecule has 0 saturated carbocycles. The summed E-state index contributed by atoms with van der Waals surface area (Å²) in [7, 11) is -1.26. The van der Waals surface area contributed by atoms with E-state index in [4.69, 9.17) is 21.1 Å². The minimum absolute atomic E-state index is 0.0488. The van der Waals surface area contributed by atoms with Crippen LogP contribution in [0.5, 0.6) is 11.5 Å². The van der Waals surface area contributed by atoms with E-state index in [1.54, 1.807) is 30.3 Å². The van der Waals surface area contributed by atoms with Crippen molar-refractivity contribution < 1.29 is 22.7 Å². The number of carbonyl (C=O) groups excluding carboxylic acids is 1. The van der Waals surface area contributed by atoms with Crippen LogP contribution in [0.3, 0.4) is 0 Å². The van der Waals surface area contributed by atoms with Crippen molar-refractivity contribution in [1.82, 2.24) is 0 Å². The number of halogens is 1. The van der Waals surface area contributed by atoms with Gasteiger partial charge in [0, 0.05) is 21.7 Å². The van der Waals surface area contributed by atoms with Crippen molar-refractivity contribution in [2.75, 3.05) is 36.6 Å². The summed E-state index contributed by atoms with van der Waals surface area (Å²) < 4.78 is 38.6. The van der Waals surface area contributed by atoms with Crippen LogP contribution >= 0.6 is 23.4 Å². The first kappa shape index (κ1) is 24.8. The average molecular weight is 507 g/mol. The summed E-state index contributed by atoms with van der Waals surface area (Å²) in [6.07, 6.45) is 1.93. The maximum absolute atomic E-state index is 13.6. The second-order valence-corrected chi connectivity index (χ2v) is 9.96. The third-order valence-electron chi connectivity index (χ3n) is 4.70. The molecule has 3 rings (SSSR count). The van der Waals surface area contributed by atoms with Gasteiger partial charge in [-0.15, -0.1) is 11.8 Å². The number of nitrogens with one attached hydrogen (secondary N) is 1. The van der Waals surface area contributed by atoms with Gasteiger partial charge in [0.2, 0.25) is 5.91 Å². The number of ether oxygens (including phenoxy) is 2. The lowest BCUT2D eigenvalue weighted by Gasteiger charge is -2.24. The summed E-state index contributed by atoms with van der Waals surface area (Å²) in [5.74, 6) is 0.154. The number of rotatable bonds is 9. The van der Waals surface area contributed by atoms with Crippen molar-refractivity contribution in [2.24, 2.45) is 0 Å². The van der Waals surface area contributed by atoms with Crippen molar-refractivity contribution >= 4 is 50.7 Å². The van der Waals surface area contributed by atoms with Crippen molar-refractivity contribution in [3.05, 3.63) is 71.8 Å². The standard InChI is InChI=1S/C23H23ClN2O5S2/c1-30-21-12-11-20(14-22(21)31-2)33(28,29)26(18-9-7-16(24)8-10-18)15-23(27)25-17-5-4-6-19(13-17)32-3/h4-14H,15H2,1-3H3,(H,25,27). The van der Waals surface area contributed by atoms with Crippen LogP contribution in [0.2, 0.25) is 5.02 Å². The van der Waals surface area contributed by atoms with Gasteiger partial charge < -0.3 is 14.8 Å². The fourth-order valence-corrected chi connectivity index (χ4v) is 5.08. The largest absolute Gasteiger partial charge is 0.493 e. The maximum atomic E-state index is 13.6. The van der Waals surface area contributed by atoms with Crippen LogP contribution in [0.25, 0.3) is 0 Å². The molecule has 0 aliphatic carbocycles. The molecule has 0 bridgehead atoms. The van der Waals surface area contributed by atoms with Crippen LogP contribution in [0.1, 0.15) is 0 Å². The van der Waals surface area contributed by atoms with E-state index >= 15 is 0 Å². The van der Waals surface area contributed by atoms with Crippen LogP contribution < -0.4 is 19.1 Å². The normalized spacial score (nSPS) is 11.0. The van der Waals surface area contributed by atoms with Gasteiger partial charge in [0.25, 0.3) is 10.0 Å². The van der Waals surface area contributed by atoms with Gasteiger partial charge in [-0.05, 0) is 60.9 Å². The molecule has 33 heavy (non-hydrogen) atoms. The Morgan fingerprint density at radius 2 is 1.70 bits per heavy atom. The summed E-state index contributed by atoms with van der Waals surface area (Å²) in [4.78, 5) is 13.8. The highest BCUT2D eigenvalue weighted by molar-refractivity contribution is 7.98. The number of hydrogen-bond donors (Lipinski definition) is 1. The number of methoxy groups -OCH3 is 2. The predicted octanol–water partition coefficient (Wildman–Crippen LogP) is 4.91. The molecular weight excluding hydrogens is 484 g/mol. The molecule has 0 radical (unpaired) electrons. The molecule has 0 saturated heterocycles. The molecule has 3 aromatic carbocycles. The molecule has 10 heteroatoms. The maximum Gasteiger partial charge on any atom is 0.264 e. The molecule has 7 nitrogen and oxygen atoms in total. The fourth-order valence-electron chi connectivity index (χ4n) is 3.06. The minimum atomic E-state index is -4.13. The van der Waals surface area contributed by atoms with Gasteiger partial charge in [0.15, 0.2) is 11.5 Å². The van der Waals surface area contributed by atoms with E-state index in [-0.39, 0.29) is 10.6 Å². The Kier molecular flexibility index (Phi) is 8.12. The van der Waals surface area contributed by atoms with Gasteiger partial charge in [-0.3, -0.25) is 9.10 Å². The first-order valence-corrected chi connectivity index (χ1v) is 12.8. The molecule has 1 amide bonds. The zero-order valence-corrected chi connectivity index (χ0v) is 20.6. The highest BCUT2D eigenvalue weighted by Crippen LogP contribution is 2.32. The first-order valence-electron chi connectivity index (χ1n) is 9.72. The van der Waals surface area contributed by atoms with Crippen molar-refractivity contribution in [3.63, 3.8) is 0 Å². The molecule has 0 aromatic heterocycles. The molecule has 0 heterocycles. The highest BCUT2D eigenvalue weighted by Gasteiger charge is 2.28. The number of hydrogen-bond acceptors (Lipinski definition) is 6. The monoisotopic (exact) mass is 506 g/mol. The first-order chi connectivity index (χ1) is 15.8. The Balaban J connectivity index is 1.97. The van der Waals surface area contributed by atoms with Crippen molar-refractivity contribution in [3.8, 4) is 11.5 Å². The predicted molar refractivity (Wildman–Crippen MR) is 132 cm³/mol. The van der Waals surface area contributed by atoms with Crippen LogP contribution in [0, 0.1) is 0 Å². The van der Waals surface area contributed by atoms with Gasteiger partial charge in [0.05, 0.1) is 24.8 Å². The SMILES string of the molecule is COc1ccc(S(=O)(=O)N(CC(=O)Nc2cccc(SC)c2)c2ccc(Cl)cc2)cc1OC. The zero-order valence-electron chi connectivity index (χ0n) is 18.2. The van der Waals surface area contributed by atoms with Crippen LogP contribution in [0.4, 0.5) is 11.4 Å². The number of amides is 1. The van der Waals surface area contributed by atoms with E-state index in [0.717, 1.165) is 9.20 Å². The van der Waals surface area contributed by atoms with E-state index in [1.165, 1.54) is 44.2 Å². The Bertz CT molecular complexity index is 1230. The van der Waals surface area contributed by atoms with E-state index in [0.29, 0.717) is 22.1 Å². The second-order valence-electron chi connectivity index (χ2n) is 6.79. The molecule has 0 aliphatic heterocycles. The lowest BCUT2D eigenvalue weighted by atomic mass is 10.3. The Labute approximate surface area is 202 Å². The number of anilines is 2. The fraction of sp³-hybridized carbons (Fsp3) is 0.174. The van der Waals surface area contributed by atoms with Crippen LogP contribution in [-0.4, -0.2) is 41.3 Å². The van der Waals surface area contributed by atoms with Gasteiger partial charge in [-0.1, -0.05) is 17.7 Å². The third kappa shape index (κ3) is 5.93. The lowest BCUT2D eigenvalue weighted by molar-refractivity contribution is -0.114. The molecule has 0 atom stereocenters. The van der Waals surface area contributed by atoms with E-state index in [2.05, 4.69) is 5.32 Å². The van der Waals surface area contributed by atoms with E-state index in [9.17, 15) is 13.2 Å². The van der Waals surface area contributed by atoms with Crippen molar-refractivity contribution in [1.29, 1.82) is 0 Å². The lowest BCUT2D eigenvalue weighted by Crippen LogP contribution is -2.38. The third-order valence-corrected chi connectivity index (χ3v) is 7.45. The second kappa shape index (κ2) is 10.8. The number of sulfonamides is 1. The Morgan fingerprint density at radius 3 is 2.33 bits per heavy atom. The molecule has 1 N–H and O–H groups in total. The minimum Gasteiger partial charge on any atom is -0.493 e. The summed E-state index contributed by atoms with van der Waals surface area (Å²) in [6.45, 7) is -0.443. The number of carbonyl (C=O) groups is 1. The van der Waals surface area contributed by atoms with Crippen LogP contribution in [-0.2, 0) is 14.8 Å². The molecule has 174 valence electrons. The number of benzene rings is 3. The zero-order chi connectivity index (χ0) is 24.0. The summed E-state index contributed by atoms with van der Waals surface area (Å²) >= 11 is 7.52. The number of thioether (sulfide) groups is 1.